The molecule has 5 nitrogen and oxygen atoms in total. The largest absolute Gasteiger partial charge is 0.489 e. The Morgan fingerprint density at radius 1 is 1.44 bits per heavy atom. The van der Waals surface area contributed by atoms with Crippen molar-refractivity contribution in [2.24, 2.45) is 11.8 Å². The second-order valence-electron chi connectivity index (χ2n) is 5.26. The van der Waals surface area contributed by atoms with Crippen LogP contribution in [0.5, 0.6) is 5.75 Å². The number of hydrogen-bond acceptors (Lipinski definition) is 4. The lowest BCUT2D eigenvalue weighted by Gasteiger charge is -2.33. The summed E-state index contributed by atoms with van der Waals surface area (Å²) in [6, 6.07) is 0.365. The van der Waals surface area contributed by atoms with Crippen molar-refractivity contribution in [1.29, 1.82) is 0 Å². The molecule has 0 radical (unpaired) electrons. The number of anilines is 1. The van der Waals surface area contributed by atoms with Crippen LogP contribution in [0.3, 0.4) is 0 Å². The van der Waals surface area contributed by atoms with Crippen molar-refractivity contribution in [3.63, 3.8) is 0 Å². The smallest absolute Gasteiger partial charge is 0.295 e. The Kier molecular flexibility index (Phi) is 3.89. The Hall–Kier alpha value is -1.52. The first-order valence-corrected chi connectivity index (χ1v) is 6.50. The van der Waals surface area contributed by atoms with Gasteiger partial charge in [-0.25, -0.2) is 4.98 Å². The molecule has 18 heavy (non-hydrogen) atoms. The molecule has 100 valence electrons. The van der Waals surface area contributed by atoms with Crippen LogP contribution in [0.1, 0.15) is 33.1 Å². The maximum absolute atomic E-state index is 11.6. The summed E-state index contributed by atoms with van der Waals surface area (Å²) in [4.78, 5) is 18.3. The summed E-state index contributed by atoms with van der Waals surface area (Å²) in [5.41, 5.74) is -0.244. The van der Waals surface area contributed by atoms with Gasteiger partial charge >= 0.3 is 0 Å². The fourth-order valence-electron chi connectivity index (χ4n) is 2.73. The molecule has 0 saturated heterocycles. The summed E-state index contributed by atoms with van der Waals surface area (Å²) >= 11 is 0. The summed E-state index contributed by atoms with van der Waals surface area (Å²) in [5, 5.41) is 3.36. The SMILES string of the molecule is COc1c(NC2CCC(C)CC2C)nc[nH]c1=O. The van der Waals surface area contributed by atoms with Crippen LogP contribution in [0.15, 0.2) is 11.1 Å². The van der Waals surface area contributed by atoms with Gasteiger partial charge in [-0.3, -0.25) is 4.79 Å². The van der Waals surface area contributed by atoms with Crippen LogP contribution < -0.4 is 15.6 Å². The van der Waals surface area contributed by atoms with E-state index in [1.807, 2.05) is 0 Å². The number of aromatic nitrogens is 2. The van der Waals surface area contributed by atoms with Crippen LogP contribution in [-0.4, -0.2) is 23.1 Å². The third kappa shape index (κ3) is 2.66. The van der Waals surface area contributed by atoms with E-state index in [9.17, 15) is 4.79 Å². The normalized spacial score (nSPS) is 27.8. The molecule has 1 aromatic heterocycles. The van der Waals surface area contributed by atoms with E-state index in [4.69, 9.17) is 4.74 Å². The molecule has 3 unspecified atom stereocenters. The van der Waals surface area contributed by atoms with Crippen LogP contribution in [0.2, 0.25) is 0 Å². The van der Waals surface area contributed by atoms with Gasteiger partial charge in [-0.2, -0.15) is 0 Å². The molecule has 0 aliphatic heterocycles. The molecule has 2 rings (SSSR count). The molecule has 2 N–H and O–H groups in total. The van der Waals surface area contributed by atoms with Crippen LogP contribution in [0.25, 0.3) is 0 Å². The number of hydrogen-bond donors (Lipinski definition) is 2. The summed E-state index contributed by atoms with van der Waals surface area (Å²) in [6.45, 7) is 4.53. The predicted molar refractivity (Wildman–Crippen MR) is 71.0 cm³/mol. The summed E-state index contributed by atoms with van der Waals surface area (Å²) < 4.78 is 5.11. The number of H-pyrrole nitrogens is 1. The van der Waals surface area contributed by atoms with Crippen LogP contribution in [-0.2, 0) is 0 Å². The Morgan fingerprint density at radius 3 is 2.89 bits per heavy atom. The molecule has 5 heteroatoms. The lowest BCUT2D eigenvalue weighted by molar-refractivity contribution is 0.275. The minimum absolute atomic E-state index is 0.244. The van der Waals surface area contributed by atoms with Gasteiger partial charge in [0.25, 0.3) is 5.56 Å². The van der Waals surface area contributed by atoms with Crippen molar-refractivity contribution in [1.82, 2.24) is 9.97 Å². The van der Waals surface area contributed by atoms with Gasteiger partial charge in [-0.15, -0.1) is 0 Å². The minimum Gasteiger partial charge on any atom is -0.489 e. The summed E-state index contributed by atoms with van der Waals surface area (Å²) in [6.07, 6.45) is 4.94. The molecule has 0 bridgehead atoms. The number of ether oxygens (including phenoxy) is 1. The molecular weight excluding hydrogens is 230 g/mol. The van der Waals surface area contributed by atoms with Gasteiger partial charge in [0, 0.05) is 6.04 Å². The van der Waals surface area contributed by atoms with E-state index in [0.29, 0.717) is 17.8 Å². The lowest BCUT2D eigenvalue weighted by Crippen LogP contribution is -2.34. The Labute approximate surface area is 107 Å². The van der Waals surface area contributed by atoms with Gasteiger partial charge in [0.1, 0.15) is 0 Å². The second kappa shape index (κ2) is 5.42. The quantitative estimate of drug-likeness (QED) is 0.862. The number of nitrogens with zero attached hydrogens (tertiary/aromatic N) is 1. The molecule has 1 aromatic rings. The van der Waals surface area contributed by atoms with Crippen molar-refractivity contribution < 1.29 is 4.74 Å². The van der Waals surface area contributed by atoms with Crippen LogP contribution in [0, 0.1) is 11.8 Å². The first-order valence-electron chi connectivity index (χ1n) is 6.50. The number of nitrogens with one attached hydrogen (secondary N) is 2. The predicted octanol–water partition coefficient (Wildman–Crippen LogP) is 2.02. The van der Waals surface area contributed by atoms with Crippen LogP contribution in [0.4, 0.5) is 5.82 Å². The average Bonchev–Trinajstić information content (AvgIpc) is 2.33. The number of rotatable bonds is 3. The monoisotopic (exact) mass is 251 g/mol. The molecule has 3 atom stereocenters. The third-order valence-corrected chi connectivity index (χ3v) is 3.77. The molecule has 1 heterocycles. The maximum Gasteiger partial charge on any atom is 0.295 e. The standard InChI is InChI=1S/C13H21N3O2/c1-8-4-5-10(9(2)6-8)16-12-11(18-3)13(17)15-7-14-12/h7-10H,4-6H2,1-3H3,(H2,14,15,16,17). The van der Waals surface area contributed by atoms with Crippen molar-refractivity contribution in [3.8, 4) is 5.75 Å². The molecular formula is C13H21N3O2. The molecule has 1 saturated carbocycles. The Balaban J connectivity index is 2.14. The Bertz CT molecular complexity index is 458. The molecule has 1 aliphatic rings. The van der Waals surface area contributed by atoms with E-state index in [1.165, 1.54) is 26.3 Å². The van der Waals surface area contributed by atoms with Crippen molar-refractivity contribution in [2.75, 3.05) is 12.4 Å². The van der Waals surface area contributed by atoms with Gasteiger partial charge in [0.2, 0.25) is 5.75 Å². The molecule has 1 fully saturated rings. The highest BCUT2D eigenvalue weighted by Gasteiger charge is 2.26. The molecule has 0 amide bonds. The zero-order chi connectivity index (χ0) is 13.1. The number of methoxy groups -OCH3 is 1. The first-order chi connectivity index (χ1) is 8.61. The van der Waals surface area contributed by atoms with E-state index >= 15 is 0 Å². The zero-order valence-electron chi connectivity index (χ0n) is 11.2. The summed E-state index contributed by atoms with van der Waals surface area (Å²) in [7, 11) is 1.49. The maximum atomic E-state index is 11.6. The van der Waals surface area contributed by atoms with Crippen molar-refractivity contribution >= 4 is 5.82 Å². The van der Waals surface area contributed by atoms with Gasteiger partial charge in [0.05, 0.1) is 13.4 Å². The zero-order valence-corrected chi connectivity index (χ0v) is 11.2. The van der Waals surface area contributed by atoms with Crippen molar-refractivity contribution in [2.45, 2.75) is 39.2 Å². The van der Waals surface area contributed by atoms with Crippen molar-refractivity contribution in [3.05, 3.63) is 16.7 Å². The van der Waals surface area contributed by atoms with Gasteiger partial charge in [0.15, 0.2) is 5.82 Å². The molecule has 1 aliphatic carbocycles. The molecule has 0 spiro atoms. The van der Waals surface area contributed by atoms with E-state index in [0.717, 1.165) is 12.3 Å². The lowest BCUT2D eigenvalue weighted by atomic mass is 9.80. The highest BCUT2D eigenvalue weighted by molar-refractivity contribution is 5.48. The third-order valence-electron chi connectivity index (χ3n) is 3.77. The topological polar surface area (TPSA) is 67.0 Å². The fraction of sp³-hybridized carbons (Fsp3) is 0.692. The van der Waals surface area contributed by atoms with Crippen LogP contribution >= 0.6 is 0 Å². The van der Waals surface area contributed by atoms with Gasteiger partial charge in [-0.1, -0.05) is 13.8 Å². The number of aromatic amines is 1. The summed E-state index contributed by atoms with van der Waals surface area (Å²) in [5.74, 6) is 2.18. The van der Waals surface area contributed by atoms with Gasteiger partial charge in [-0.05, 0) is 31.1 Å². The average molecular weight is 251 g/mol. The van der Waals surface area contributed by atoms with Gasteiger partial charge < -0.3 is 15.0 Å². The van der Waals surface area contributed by atoms with E-state index < -0.39 is 0 Å². The first kappa shape index (κ1) is 12.9. The van der Waals surface area contributed by atoms with E-state index in [1.54, 1.807) is 0 Å². The Morgan fingerprint density at radius 2 is 2.22 bits per heavy atom. The highest BCUT2D eigenvalue weighted by atomic mass is 16.5. The highest BCUT2D eigenvalue weighted by Crippen LogP contribution is 2.31. The second-order valence-corrected chi connectivity index (χ2v) is 5.26. The fourth-order valence-corrected chi connectivity index (χ4v) is 2.73. The minimum atomic E-state index is -0.244. The van der Waals surface area contributed by atoms with E-state index in [2.05, 4.69) is 29.1 Å². The van der Waals surface area contributed by atoms with E-state index in [-0.39, 0.29) is 11.3 Å². The molecule has 0 aromatic carbocycles.